The predicted molar refractivity (Wildman–Crippen MR) is 70.7 cm³/mol. The number of hydrogen-bond acceptors (Lipinski definition) is 4. The minimum atomic E-state index is -3.92. The zero-order valence-corrected chi connectivity index (χ0v) is 11.7. The van der Waals surface area contributed by atoms with Crippen molar-refractivity contribution < 1.29 is 17.8 Å². The average molecular weight is 278 g/mol. The molecule has 0 bridgehead atoms. The third-order valence-electron chi connectivity index (χ3n) is 2.60. The maximum absolute atomic E-state index is 11.6. The third-order valence-corrected chi connectivity index (χ3v) is 3.41. The molecule has 0 aromatic heterocycles. The minimum Gasteiger partial charge on any atom is -0.352 e. The highest BCUT2D eigenvalue weighted by molar-refractivity contribution is 7.85. The molecular formula is C11H22N2O4S. The summed E-state index contributed by atoms with van der Waals surface area (Å²) in [5, 5.41) is 2.73. The van der Waals surface area contributed by atoms with Crippen molar-refractivity contribution in [3.63, 3.8) is 0 Å². The first-order chi connectivity index (χ1) is 8.28. The van der Waals surface area contributed by atoms with Gasteiger partial charge in [-0.15, -0.1) is 0 Å². The molecule has 6 nitrogen and oxygen atoms in total. The third kappa shape index (κ3) is 8.21. The second-order valence-corrected chi connectivity index (χ2v) is 5.77. The molecule has 0 spiro atoms. The van der Waals surface area contributed by atoms with Crippen molar-refractivity contribution in [2.24, 2.45) is 5.73 Å². The topological polar surface area (TPSA) is 109 Å². The Morgan fingerprint density at radius 2 is 1.89 bits per heavy atom. The largest absolute Gasteiger partial charge is 0.352 e. The van der Waals surface area contributed by atoms with Crippen LogP contribution in [0.5, 0.6) is 0 Å². The van der Waals surface area contributed by atoms with Crippen LogP contribution in [-0.4, -0.2) is 37.7 Å². The number of amides is 1. The molecule has 0 aliphatic rings. The number of rotatable bonds is 8. The van der Waals surface area contributed by atoms with Crippen molar-refractivity contribution in [2.45, 2.75) is 33.1 Å². The van der Waals surface area contributed by atoms with E-state index in [4.69, 9.17) is 10.3 Å². The van der Waals surface area contributed by atoms with E-state index in [1.807, 2.05) is 0 Å². The van der Waals surface area contributed by atoms with Crippen molar-refractivity contribution in [1.29, 1.82) is 0 Å². The molecular weight excluding hydrogens is 256 g/mol. The number of hydrogen-bond donors (Lipinski definition) is 3. The van der Waals surface area contributed by atoms with Crippen LogP contribution in [-0.2, 0) is 14.9 Å². The fraction of sp³-hybridized carbons (Fsp3) is 0.727. The molecule has 0 aromatic rings. The summed E-state index contributed by atoms with van der Waals surface area (Å²) in [7, 11) is -3.92. The molecule has 7 heteroatoms. The Kier molecular flexibility index (Phi) is 7.81. The first-order valence-corrected chi connectivity index (χ1v) is 7.48. The van der Waals surface area contributed by atoms with E-state index >= 15 is 0 Å². The van der Waals surface area contributed by atoms with Crippen LogP contribution in [0.3, 0.4) is 0 Å². The van der Waals surface area contributed by atoms with Crippen molar-refractivity contribution >= 4 is 16.0 Å². The standard InChI is InChI=1S/C11H22N2O4S/c1-9(5-3-8-18(15,16)17)10(2)11(14)13-7-4-6-12/h3-8,12H2,1-2H3,(H,13,14)(H,15,16,17). The van der Waals surface area contributed by atoms with Gasteiger partial charge < -0.3 is 11.1 Å². The number of allylic oxidation sites excluding steroid dienone is 1. The summed E-state index contributed by atoms with van der Waals surface area (Å²) >= 11 is 0. The highest BCUT2D eigenvalue weighted by atomic mass is 32.2. The lowest BCUT2D eigenvalue weighted by atomic mass is 10.1. The molecule has 0 radical (unpaired) electrons. The summed E-state index contributed by atoms with van der Waals surface area (Å²) in [5.74, 6) is -0.445. The Balaban J connectivity index is 4.21. The Bertz CT molecular complexity index is 401. The molecule has 0 saturated carbocycles. The van der Waals surface area contributed by atoms with Gasteiger partial charge in [0.05, 0.1) is 5.75 Å². The van der Waals surface area contributed by atoms with Crippen LogP contribution in [0.2, 0.25) is 0 Å². The van der Waals surface area contributed by atoms with Gasteiger partial charge in [-0.05, 0) is 39.7 Å². The fourth-order valence-electron chi connectivity index (χ4n) is 1.34. The van der Waals surface area contributed by atoms with E-state index in [2.05, 4.69) is 5.32 Å². The van der Waals surface area contributed by atoms with Gasteiger partial charge in [-0.3, -0.25) is 9.35 Å². The summed E-state index contributed by atoms with van der Waals surface area (Å²) in [6.45, 7) is 4.53. The van der Waals surface area contributed by atoms with Crippen molar-refractivity contribution in [2.75, 3.05) is 18.8 Å². The summed E-state index contributed by atoms with van der Waals surface area (Å²) < 4.78 is 29.7. The van der Waals surface area contributed by atoms with Crippen LogP contribution in [0.25, 0.3) is 0 Å². The highest BCUT2D eigenvalue weighted by Crippen LogP contribution is 2.11. The van der Waals surface area contributed by atoms with Crippen molar-refractivity contribution in [3.05, 3.63) is 11.1 Å². The van der Waals surface area contributed by atoms with Gasteiger partial charge in [-0.25, -0.2) is 0 Å². The van der Waals surface area contributed by atoms with E-state index in [0.717, 1.165) is 12.0 Å². The fourth-order valence-corrected chi connectivity index (χ4v) is 1.85. The van der Waals surface area contributed by atoms with Gasteiger partial charge in [0.25, 0.3) is 10.1 Å². The molecule has 0 saturated heterocycles. The number of carbonyl (C=O) groups excluding carboxylic acids is 1. The average Bonchev–Trinajstić information content (AvgIpc) is 2.26. The van der Waals surface area contributed by atoms with E-state index in [-0.39, 0.29) is 11.7 Å². The Labute approximate surface area is 108 Å². The molecule has 0 aliphatic heterocycles. The van der Waals surface area contributed by atoms with Crippen molar-refractivity contribution in [1.82, 2.24) is 5.32 Å². The van der Waals surface area contributed by atoms with E-state index in [9.17, 15) is 13.2 Å². The predicted octanol–water partition coefficient (Wildman–Crippen LogP) is 0.456. The summed E-state index contributed by atoms with van der Waals surface area (Å²) in [6.07, 6.45) is 1.49. The second-order valence-electron chi connectivity index (χ2n) is 4.19. The smallest absolute Gasteiger partial charge is 0.264 e. The molecule has 18 heavy (non-hydrogen) atoms. The minimum absolute atomic E-state index is 0.159. The van der Waals surface area contributed by atoms with Gasteiger partial charge in [0, 0.05) is 12.1 Å². The Morgan fingerprint density at radius 3 is 2.39 bits per heavy atom. The quantitative estimate of drug-likeness (QED) is 0.339. The molecule has 4 N–H and O–H groups in total. The van der Waals surface area contributed by atoms with E-state index in [1.54, 1.807) is 13.8 Å². The maximum atomic E-state index is 11.6. The molecule has 1 amide bonds. The van der Waals surface area contributed by atoms with Crippen LogP contribution in [0.15, 0.2) is 11.1 Å². The number of nitrogens with one attached hydrogen (secondary N) is 1. The van der Waals surface area contributed by atoms with Gasteiger partial charge in [-0.2, -0.15) is 8.42 Å². The molecule has 106 valence electrons. The van der Waals surface area contributed by atoms with Crippen LogP contribution < -0.4 is 11.1 Å². The van der Waals surface area contributed by atoms with E-state index in [1.165, 1.54) is 0 Å². The number of nitrogens with two attached hydrogens (primary N) is 1. The molecule has 0 unspecified atom stereocenters. The van der Waals surface area contributed by atoms with Gasteiger partial charge >= 0.3 is 0 Å². The second kappa shape index (κ2) is 8.23. The van der Waals surface area contributed by atoms with Crippen LogP contribution in [0.1, 0.15) is 33.1 Å². The first-order valence-electron chi connectivity index (χ1n) is 5.87. The Hall–Kier alpha value is -0.920. The van der Waals surface area contributed by atoms with Crippen LogP contribution in [0.4, 0.5) is 0 Å². The summed E-state index contributed by atoms with van der Waals surface area (Å²) in [4.78, 5) is 11.6. The molecule has 0 rings (SSSR count). The molecule has 0 aliphatic carbocycles. The SMILES string of the molecule is CC(CCCS(=O)(=O)O)=C(C)C(=O)NCCCN. The zero-order valence-electron chi connectivity index (χ0n) is 10.9. The lowest BCUT2D eigenvalue weighted by Crippen LogP contribution is -2.27. The zero-order chi connectivity index (χ0) is 14.2. The maximum Gasteiger partial charge on any atom is 0.264 e. The van der Waals surface area contributed by atoms with Gasteiger partial charge in [-0.1, -0.05) is 5.57 Å². The monoisotopic (exact) mass is 278 g/mol. The van der Waals surface area contributed by atoms with Gasteiger partial charge in [0.15, 0.2) is 0 Å². The van der Waals surface area contributed by atoms with Gasteiger partial charge in [0.2, 0.25) is 5.91 Å². The molecule has 0 atom stereocenters. The molecule has 0 heterocycles. The van der Waals surface area contributed by atoms with E-state index < -0.39 is 10.1 Å². The van der Waals surface area contributed by atoms with Gasteiger partial charge in [0.1, 0.15) is 0 Å². The summed E-state index contributed by atoms with van der Waals surface area (Å²) in [6, 6.07) is 0. The lowest BCUT2D eigenvalue weighted by molar-refractivity contribution is -0.117. The first kappa shape index (κ1) is 17.1. The van der Waals surface area contributed by atoms with Crippen molar-refractivity contribution in [3.8, 4) is 0 Å². The van der Waals surface area contributed by atoms with Crippen LogP contribution in [0, 0.1) is 0 Å². The number of carbonyl (C=O) groups is 1. The normalized spacial score (nSPS) is 13.1. The summed E-state index contributed by atoms with van der Waals surface area (Å²) in [5.41, 5.74) is 6.72. The lowest BCUT2D eigenvalue weighted by Gasteiger charge is -2.08. The molecule has 0 aromatic carbocycles. The Morgan fingerprint density at radius 1 is 1.28 bits per heavy atom. The highest BCUT2D eigenvalue weighted by Gasteiger charge is 2.09. The van der Waals surface area contributed by atoms with Crippen LogP contribution >= 0.6 is 0 Å². The molecule has 0 fully saturated rings. The van der Waals surface area contributed by atoms with E-state index in [0.29, 0.717) is 31.5 Å².